The van der Waals surface area contributed by atoms with E-state index in [1.807, 2.05) is 6.07 Å². The number of fused-ring (bicyclic) bond motifs is 1. The van der Waals surface area contributed by atoms with Crippen LogP contribution >= 0.6 is 11.8 Å². The molecule has 0 unspecified atom stereocenters. The van der Waals surface area contributed by atoms with Crippen LogP contribution in [0.2, 0.25) is 0 Å². The van der Waals surface area contributed by atoms with Gasteiger partial charge < -0.3 is 11.1 Å². The lowest BCUT2D eigenvalue weighted by molar-refractivity contribution is 0.247. The van der Waals surface area contributed by atoms with Gasteiger partial charge >= 0.3 is 6.03 Å². The van der Waals surface area contributed by atoms with Gasteiger partial charge in [0.25, 0.3) is 0 Å². The third kappa shape index (κ3) is 3.87. The fraction of sp³-hybridized carbons (Fsp3) is 0.278. The maximum absolute atomic E-state index is 14.7. The van der Waals surface area contributed by atoms with Crippen molar-refractivity contribution in [2.24, 2.45) is 5.73 Å². The second kappa shape index (κ2) is 7.21. The topological polar surface area (TPSA) is 55.1 Å². The van der Waals surface area contributed by atoms with Gasteiger partial charge in [0.05, 0.1) is 0 Å². The number of amides is 2. The Kier molecular flexibility index (Phi) is 5.04. The van der Waals surface area contributed by atoms with Crippen molar-refractivity contribution >= 4 is 17.8 Å². The van der Waals surface area contributed by atoms with Crippen LogP contribution in [0, 0.1) is 11.6 Å². The number of urea groups is 1. The van der Waals surface area contributed by atoms with Crippen LogP contribution in [0.4, 0.5) is 13.6 Å². The average molecular weight is 348 g/mol. The first-order chi connectivity index (χ1) is 11.5. The number of halogens is 2. The molecule has 1 atom stereocenters. The Labute approximate surface area is 143 Å². The Morgan fingerprint density at radius 3 is 2.83 bits per heavy atom. The predicted molar refractivity (Wildman–Crippen MR) is 90.2 cm³/mol. The van der Waals surface area contributed by atoms with Crippen molar-refractivity contribution < 1.29 is 13.6 Å². The summed E-state index contributed by atoms with van der Waals surface area (Å²) in [6.45, 7) is 0.343. The van der Waals surface area contributed by atoms with Crippen LogP contribution in [0.1, 0.15) is 29.9 Å². The predicted octanol–water partition coefficient (Wildman–Crippen LogP) is 4.20. The summed E-state index contributed by atoms with van der Waals surface area (Å²) >= 11 is 1.34. The van der Waals surface area contributed by atoms with Gasteiger partial charge in [-0.15, -0.1) is 0 Å². The number of benzene rings is 2. The quantitative estimate of drug-likeness (QED) is 0.870. The van der Waals surface area contributed by atoms with Crippen molar-refractivity contribution in [3.05, 3.63) is 59.2 Å². The molecule has 24 heavy (non-hydrogen) atoms. The first kappa shape index (κ1) is 16.8. The van der Waals surface area contributed by atoms with Crippen LogP contribution in [0.3, 0.4) is 0 Å². The molecule has 0 aliphatic heterocycles. The molecule has 1 aliphatic rings. The molecule has 0 saturated heterocycles. The van der Waals surface area contributed by atoms with Crippen molar-refractivity contribution in [3.8, 4) is 0 Å². The average Bonchev–Trinajstić information content (AvgIpc) is 2.52. The normalized spacial score (nSPS) is 16.5. The summed E-state index contributed by atoms with van der Waals surface area (Å²) in [6.07, 6.45) is 2.56. The summed E-state index contributed by atoms with van der Waals surface area (Å²) in [5.41, 5.74) is 6.73. The molecule has 3 N–H and O–H groups in total. The van der Waals surface area contributed by atoms with Crippen molar-refractivity contribution in [1.29, 1.82) is 0 Å². The van der Waals surface area contributed by atoms with Gasteiger partial charge in [-0.25, -0.2) is 13.6 Å². The van der Waals surface area contributed by atoms with Crippen molar-refractivity contribution in [2.45, 2.75) is 35.0 Å². The maximum atomic E-state index is 14.7. The molecule has 2 aromatic carbocycles. The lowest BCUT2D eigenvalue weighted by Crippen LogP contribution is -2.34. The zero-order valence-corrected chi connectivity index (χ0v) is 13.8. The molecular weight excluding hydrogens is 330 g/mol. The summed E-state index contributed by atoms with van der Waals surface area (Å²) in [7, 11) is 0. The Balaban J connectivity index is 1.85. The maximum Gasteiger partial charge on any atom is 0.312 e. The molecule has 0 saturated carbocycles. The third-order valence-corrected chi connectivity index (χ3v) is 5.11. The monoisotopic (exact) mass is 348 g/mol. The zero-order chi connectivity index (χ0) is 17.1. The summed E-state index contributed by atoms with van der Waals surface area (Å²) in [5.74, 6) is -0.645. The van der Waals surface area contributed by atoms with Crippen LogP contribution in [-0.4, -0.2) is 12.6 Å². The van der Waals surface area contributed by atoms with Crippen molar-refractivity contribution in [2.75, 3.05) is 6.54 Å². The summed E-state index contributed by atoms with van der Waals surface area (Å²) < 4.78 is 27.9. The van der Waals surface area contributed by atoms with Crippen molar-refractivity contribution in [3.63, 3.8) is 0 Å². The molecule has 0 aromatic heterocycles. The molecule has 3 rings (SSSR count). The molecule has 0 bridgehead atoms. The van der Waals surface area contributed by atoms with Crippen LogP contribution in [0.15, 0.2) is 46.2 Å². The van der Waals surface area contributed by atoms with E-state index in [9.17, 15) is 13.6 Å². The highest BCUT2D eigenvalue weighted by atomic mass is 32.2. The van der Waals surface area contributed by atoms with Crippen LogP contribution < -0.4 is 11.1 Å². The molecular formula is C18H18F2N2OS. The lowest BCUT2D eigenvalue weighted by Gasteiger charge is -2.26. The van der Waals surface area contributed by atoms with E-state index in [2.05, 4.69) is 5.32 Å². The third-order valence-electron chi connectivity index (χ3n) is 4.15. The molecule has 6 heteroatoms. The number of nitrogens with one attached hydrogen (secondary N) is 1. The minimum atomic E-state index is -0.596. The smallest absolute Gasteiger partial charge is 0.312 e. The van der Waals surface area contributed by atoms with Crippen LogP contribution in [0.25, 0.3) is 0 Å². The van der Waals surface area contributed by atoms with E-state index in [1.54, 1.807) is 12.1 Å². The van der Waals surface area contributed by atoms with E-state index in [1.165, 1.54) is 30.0 Å². The number of nitrogens with two attached hydrogens (primary N) is 1. The number of rotatable bonds is 4. The SMILES string of the molecule is NC(=O)NC[C@@H]1CCCc2cc(Sc3cccc(F)c3)cc(F)c21. The highest BCUT2D eigenvalue weighted by molar-refractivity contribution is 7.99. The standard InChI is InChI=1S/C18H18F2N2OS/c19-13-5-2-6-14(8-13)24-15-7-11-3-1-4-12(10-22-18(21)23)17(11)16(20)9-15/h2,5-9,12H,1,3-4,10H2,(H3,21,22,23)/t12-/m0/s1. The van der Waals surface area contributed by atoms with Crippen LogP contribution in [0.5, 0.6) is 0 Å². The second-order valence-corrected chi connectivity index (χ2v) is 7.02. The van der Waals surface area contributed by atoms with Gasteiger partial charge in [-0.2, -0.15) is 0 Å². The Hall–Kier alpha value is -2.08. The summed E-state index contributed by atoms with van der Waals surface area (Å²) in [5, 5.41) is 2.57. The van der Waals surface area contributed by atoms with E-state index in [0.717, 1.165) is 34.6 Å². The van der Waals surface area contributed by atoms with E-state index in [4.69, 9.17) is 5.73 Å². The first-order valence-electron chi connectivity index (χ1n) is 7.82. The van der Waals surface area contributed by atoms with Gasteiger partial charge in [-0.3, -0.25) is 0 Å². The highest BCUT2D eigenvalue weighted by Gasteiger charge is 2.24. The second-order valence-electron chi connectivity index (χ2n) is 5.87. The molecule has 1 aliphatic carbocycles. The minimum Gasteiger partial charge on any atom is -0.352 e. The molecule has 0 fully saturated rings. The fourth-order valence-corrected chi connectivity index (χ4v) is 4.10. The van der Waals surface area contributed by atoms with E-state index >= 15 is 0 Å². The van der Waals surface area contributed by atoms with Gasteiger partial charge in [0, 0.05) is 22.3 Å². The number of carbonyl (C=O) groups excluding carboxylic acids is 1. The number of carbonyl (C=O) groups is 1. The Bertz CT molecular complexity index is 767. The zero-order valence-electron chi connectivity index (χ0n) is 13.0. The number of aryl methyl sites for hydroxylation is 1. The molecule has 126 valence electrons. The molecule has 0 radical (unpaired) electrons. The van der Waals surface area contributed by atoms with Gasteiger partial charge in [0.15, 0.2) is 0 Å². The number of hydrogen-bond donors (Lipinski definition) is 2. The van der Waals surface area contributed by atoms with Gasteiger partial charge in [-0.1, -0.05) is 17.8 Å². The van der Waals surface area contributed by atoms with Crippen LogP contribution in [-0.2, 0) is 6.42 Å². The fourth-order valence-electron chi connectivity index (χ4n) is 3.15. The van der Waals surface area contributed by atoms with Gasteiger partial charge in [-0.05, 0) is 60.7 Å². The highest BCUT2D eigenvalue weighted by Crippen LogP contribution is 2.37. The van der Waals surface area contributed by atoms with Gasteiger partial charge in [0.2, 0.25) is 0 Å². The minimum absolute atomic E-state index is 0.0607. The van der Waals surface area contributed by atoms with E-state index in [-0.39, 0.29) is 17.6 Å². The Morgan fingerprint density at radius 2 is 2.08 bits per heavy atom. The largest absolute Gasteiger partial charge is 0.352 e. The summed E-state index contributed by atoms with van der Waals surface area (Å²) in [4.78, 5) is 12.4. The molecule has 2 aromatic rings. The molecule has 0 heterocycles. The van der Waals surface area contributed by atoms with Crippen molar-refractivity contribution in [1.82, 2.24) is 5.32 Å². The lowest BCUT2D eigenvalue weighted by atomic mass is 9.82. The van der Waals surface area contributed by atoms with E-state index < -0.39 is 6.03 Å². The molecule has 0 spiro atoms. The van der Waals surface area contributed by atoms with E-state index in [0.29, 0.717) is 12.1 Å². The van der Waals surface area contributed by atoms with Gasteiger partial charge in [0.1, 0.15) is 11.6 Å². The number of hydrogen-bond acceptors (Lipinski definition) is 2. The number of primary amides is 1. The molecule has 2 amide bonds. The first-order valence-corrected chi connectivity index (χ1v) is 8.63. The summed E-state index contributed by atoms with van der Waals surface area (Å²) in [6, 6.07) is 9.10. The molecule has 3 nitrogen and oxygen atoms in total. The Morgan fingerprint density at radius 1 is 1.25 bits per heavy atom.